The molecule has 2 aromatic rings. The normalized spacial score (nSPS) is 10.4. The molecule has 1 aromatic carbocycles. The van der Waals surface area contributed by atoms with Crippen LogP contribution >= 0.6 is 11.6 Å². The van der Waals surface area contributed by atoms with Crippen LogP contribution in [0.4, 0.5) is 4.79 Å². The molecule has 0 saturated carbocycles. The minimum Gasteiger partial charge on any atom is -0.439 e. The summed E-state index contributed by atoms with van der Waals surface area (Å²) in [7, 11) is 0. The third-order valence-corrected chi connectivity index (χ3v) is 2.41. The molecule has 0 unspecified atom stereocenters. The molecule has 0 radical (unpaired) electrons. The Morgan fingerprint density at radius 1 is 1.30 bits per heavy atom. The van der Waals surface area contributed by atoms with Gasteiger partial charge in [-0.05, 0) is 35.9 Å². The Kier molecular flexibility index (Phi) is 4.52. The number of carbonyl (C=O) groups excluding carboxylic acids is 1. The number of hydrazone groups is 1. The van der Waals surface area contributed by atoms with E-state index in [1.165, 1.54) is 12.4 Å². The summed E-state index contributed by atoms with van der Waals surface area (Å²) >= 11 is 5.73. The van der Waals surface area contributed by atoms with Crippen molar-refractivity contribution in [1.29, 1.82) is 0 Å². The third-order valence-electron chi connectivity index (χ3n) is 2.19. The topological polar surface area (TPSA) is 89.6 Å². The van der Waals surface area contributed by atoms with Gasteiger partial charge in [0.25, 0.3) is 0 Å². The highest BCUT2D eigenvalue weighted by Gasteiger charge is 1.98. The second-order valence-electron chi connectivity index (χ2n) is 3.72. The Hall–Kier alpha value is -2.60. The molecule has 102 valence electrons. The van der Waals surface area contributed by atoms with Crippen LogP contribution in [0.25, 0.3) is 0 Å². The number of nitrogens with two attached hydrogens (primary N) is 1. The van der Waals surface area contributed by atoms with Gasteiger partial charge in [-0.1, -0.05) is 11.6 Å². The van der Waals surface area contributed by atoms with E-state index in [1.54, 1.807) is 36.4 Å². The van der Waals surface area contributed by atoms with Gasteiger partial charge in [-0.25, -0.2) is 15.2 Å². The molecule has 0 saturated heterocycles. The average molecular weight is 291 g/mol. The van der Waals surface area contributed by atoms with Crippen LogP contribution in [0.3, 0.4) is 0 Å². The standard InChI is InChI=1S/C13H11ClN4O2/c14-10-3-6-12(16-8-10)20-11-4-1-9(2-5-11)7-17-18-13(15)19/h1-8H,(H3,15,18,19)/b17-7+. The van der Waals surface area contributed by atoms with Crippen LogP contribution in [0.15, 0.2) is 47.7 Å². The Balaban J connectivity index is 1.99. The second kappa shape index (κ2) is 6.53. The SMILES string of the molecule is NC(=O)N/N=C/c1ccc(Oc2ccc(Cl)cn2)cc1. The fraction of sp³-hybridized carbons (Fsp3) is 0. The second-order valence-corrected chi connectivity index (χ2v) is 4.16. The van der Waals surface area contributed by atoms with Gasteiger partial charge >= 0.3 is 6.03 Å². The number of nitrogens with one attached hydrogen (secondary N) is 1. The maximum atomic E-state index is 10.4. The van der Waals surface area contributed by atoms with E-state index in [2.05, 4.69) is 15.5 Å². The predicted molar refractivity (Wildman–Crippen MR) is 76.1 cm³/mol. The van der Waals surface area contributed by atoms with Crippen LogP contribution in [0.5, 0.6) is 11.6 Å². The number of urea groups is 1. The lowest BCUT2D eigenvalue weighted by atomic mass is 10.2. The number of carbonyl (C=O) groups is 1. The van der Waals surface area contributed by atoms with Crippen molar-refractivity contribution in [3.05, 3.63) is 53.2 Å². The van der Waals surface area contributed by atoms with E-state index in [1.807, 2.05) is 0 Å². The van der Waals surface area contributed by atoms with Gasteiger partial charge in [-0.3, -0.25) is 0 Å². The number of halogens is 1. The largest absolute Gasteiger partial charge is 0.439 e. The lowest BCUT2D eigenvalue weighted by Crippen LogP contribution is -2.24. The van der Waals surface area contributed by atoms with Gasteiger partial charge in [0.15, 0.2) is 0 Å². The molecule has 0 aliphatic heterocycles. The maximum Gasteiger partial charge on any atom is 0.332 e. The summed E-state index contributed by atoms with van der Waals surface area (Å²) in [5.41, 5.74) is 7.77. The fourth-order valence-corrected chi connectivity index (χ4v) is 1.45. The molecule has 6 nitrogen and oxygen atoms in total. The van der Waals surface area contributed by atoms with Gasteiger partial charge in [-0.15, -0.1) is 0 Å². The molecule has 0 fully saturated rings. The first kappa shape index (κ1) is 13.8. The molecule has 1 aromatic heterocycles. The molecule has 0 aliphatic rings. The summed E-state index contributed by atoms with van der Waals surface area (Å²) < 4.78 is 5.53. The molecule has 1 heterocycles. The number of amides is 2. The molecule has 2 amide bonds. The Labute approximate surface area is 120 Å². The molecule has 20 heavy (non-hydrogen) atoms. The minimum absolute atomic E-state index is 0.450. The number of rotatable bonds is 4. The highest BCUT2D eigenvalue weighted by Crippen LogP contribution is 2.20. The van der Waals surface area contributed by atoms with Crippen molar-refractivity contribution in [1.82, 2.24) is 10.4 Å². The Morgan fingerprint density at radius 3 is 2.65 bits per heavy atom. The first-order valence-electron chi connectivity index (χ1n) is 5.61. The average Bonchev–Trinajstić information content (AvgIpc) is 2.43. The summed E-state index contributed by atoms with van der Waals surface area (Å²) in [6.45, 7) is 0. The van der Waals surface area contributed by atoms with E-state index in [0.717, 1.165) is 5.56 Å². The summed E-state index contributed by atoms with van der Waals surface area (Å²) in [5.74, 6) is 1.08. The molecule has 2 rings (SSSR count). The van der Waals surface area contributed by atoms with Crippen molar-refractivity contribution < 1.29 is 9.53 Å². The van der Waals surface area contributed by atoms with Gasteiger partial charge in [-0.2, -0.15) is 5.10 Å². The van der Waals surface area contributed by atoms with Crippen molar-refractivity contribution >= 4 is 23.8 Å². The predicted octanol–water partition coefficient (Wildman–Crippen LogP) is 2.53. The number of primary amides is 1. The number of aromatic nitrogens is 1. The van der Waals surface area contributed by atoms with Crippen molar-refractivity contribution in [2.45, 2.75) is 0 Å². The lowest BCUT2D eigenvalue weighted by Gasteiger charge is -2.04. The molecular weight excluding hydrogens is 280 g/mol. The number of nitrogens with zero attached hydrogens (tertiary/aromatic N) is 2. The smallest absolute Gasteiger partial charge is 0.332 e. The molecule has 0 bridgehead atoms. The quantitative estimate of drug-likeness (QED) is 0.670. The van der Waals surface area contributed by atoms with E-state index < -0.39 is 6.03 Å². The van der Waals surface area contributed by atoms with E-state index in [-0.39, 0.29) is 0 Å². The number of hydrogen-bond acceptors (Lipinski definition) is 4. The summed E-state index contributed by atoms with van der Waals surface area (Å²) in [6.07, 6.45) is 2.97. The van der Waals surface area contributed by atoms with Crippen LogP contribution in [0, 0.1) is 0 Å². The molecule has 0 aliphatic carbocycles. The van der Waals surface area contributed by atoms with Gasteiger partial charge in [0.1, 0.15) is 5.75 Å². The highest BCUT2D eigenvalue weighted by molar-refractivity contribution is 6.30. The minimum atomic E-state index is -0.713. The van der Waals surface area contributed by atoms with Crippen LogP contribution in [-0.2, 0) is 0 Å². The van der Waals surface area contributed by atoms with E-state index in [9.17, 15) is 4.79 Å². The Bertz CT molecular complexity index is 611. The highest BCUT2D eigenvalue weighted by atomic mass is 35.5. The van der Waals surface area contributed by atoms with Crippen molar-refractivity contribution in [3.63, 3.8) is 0 Å². The maximum absolute atomic E-state index is 10.4. The van der Waals surface area contributed by atoms with Gasteiger partial charge in [0, 0.05) is 12.3 Å². The van der Waals surface area contributed by atoms with Crippen LogP contribution < -0.4 is 15.9 Å². The van der Waals surface area contributed by atoms with Crippen molar-refractivity contribution in [3.8, 4) is 11.6 Å². The van der Waals surface area contributed by atoms with Crippen LogP contribution in [-0.4, -0.2) is 17.2 Å². The van der Waals surface area contributed by atoms with Crippen molar-refractivity contribution in [2.24, 2.45) is 10.8 Å². The summed E-state index contributed by atoms with van der Waals surface area (Å²) in [6, 6.07) is 9.71. The fourth-order valence-electron chi connectivity index (χ4n) is 1.34. The van der Waals surface area contributed by atoms with E-state index >= 15 is 0 Å². The van der Waals surface area contributed by atoms with Crippen molar-refractivity contribution in [2.75, 3.05) is 0 Å². The van der Waals surface area contributed by atoms with Gasteiger partial charge in [0.05, 0.1) is 11.2 Å². The first-order chi connectivity index (χ1) is 9.63. The third kappa shape index (κ3) is 4.25. The monoisotopic (exact) mass is 290 g/mol. The zero-order chi connectivity index (χ0) is 14.4. The summed E-state index contributed by atoms with van der Waals surface area (Å²) in [5, 5.41) is 4.19. The molecule has 0 atom stereocenters. The van der Waals surface area contributed by atoms with Crippen LogP contribution in [0.1, 0.15) is 5.56 Å². The lowest BCUT2D eigenvalue weighted by molar-refractivity contribution is 0.249. The molecule has 7 heteroatoms. The number of hydrogen-bond donors (Lipinski definition) is 2. The number of benzene rings is 1. The zero-order valence-electron chi connectivity index (χ0n) is 10.3. The van der Waals surface area contributed by atoms with Gasteiger partial charge in [0.2, 0.25) is 5.88 Å². The Morgan fingerprint density at radius 2 is 2.05 bits per heavy atom. The molecular formula is C13H11ClN4O2. The number of ether oxygens (including phenoxy) is 1. The van der Waals surface area contributed by atoms with E-state index in [4.69, 9.17) is 22.1 Å². The molecule has 0 spiro atoms. The summed E-state index contributed by atoms with van der Waals surface area (Å²) in [4.78, 5) is 14.5. The zero-order valence-corrected chi connectivity index (χ0v) is 11.0. The van der Waals surface area contributed by atoms with E-state index in [0.29, 0.717) is 16.7 Å². The molecule has 3 N–H and O–H groups in total. The number of pyridine rings is 1. The van der Waals surface area contributed by atoms with Crippen LogP contribution in [0.2, 0.25) is 5.02 Å². The van der Waals surface area contributed by atoms with Gasteiger partial charge < -0.3 is 10.5 Å². The first-order valence-corrected chi connectivity index (χ1v) is 5.99.